The second kappa shape index (κ2) is 5.56. The van der Waals surface area contributed by atoms with Crippen molar-refractivity contribution in [3.05, 3.63) is 64.7 Å². The number of hydrogen-bond acceptors (Lipinski definition) is 1. The van der Waals surface area contributed by atoms with Crippen LogP contribution in [0.25, 0.3) is 12.2 Å². The summed E-state index contributed by atoms with van der Waals surface area (Å²) in [6.07, 6.45) is 6.74. The number of fused-ring (bicyclic) bond motifs is 1. The Hall–Kier alpha value is -2.02. The normalized spacial score (nSPS) is 18.8. The third kappa shape index (κ3) is 3.19. The molecule has 1 aliphatic rings. The highest BCUT2D eigenvalue weighted by Crippen LogP contribution is 2.45. The van der Waals surface area contributed by atoms with Gasteiger partial charge in [0.15, 0.2) is 0 Å². The van der Waals surface area contributed by atoms with Crippen LogP contribution >= 0.6 is 0 Å². The predicted octanol–water partition coefficient (Wildman–Crippen LogP) is 5.91. The molecule has 1 heteroatoms. The molecule has 0 heterocycles. The van der Waals surface area contributed by atoms with Gasteiger partial charge in [-0.3, -0.25) is 0 Å². The fraction of sp³-hybridized carbons (Fsp3) is 0.364. The lowest BCUT2D eigenvalue weighted by Gasteiger charge is -2.42. The SMILES string of the molecule is CC1(C)CCC(C)(C)c2cc(/C=C/c3ccc(O)cc3)ccc21. The number of phenols is 1. The first-order valence-corrected chi connectivity index (χ1v) is 8.40. The molecular weight excluding hydrogens is 280 g/mol. The van der Waals surface area contributed by atoms with Crippen molar-refractivity contribution >= 4 is 12.2 Å². The highest BCUT2D eigenvalue weighted by atomic mass is 16.3. The zero-order chi connectivity index (χ0) is 16.7. The van der Waals surface area contributed by atoms with Crippen LogP contribution in [0.15, 0.2) is 42.5 Å². The first-order valence-electron chi connectivity index (χ1n) is 8.40. The summed E-state index contributed by atoms with van der Waals surface area (Å²) in [6.45, 7) is 9.42. The predicted molar refractivity (Wildman–Crippen MR) is 98.8 cm³/mol. The van der Waals surface area contributed by atoms with E-state index in [1.165, 1.54) is 29.5 Å². The lowest BCUT2D eigenvalue weighted by atomic mass is 9.63. The molecule has 23 heavy (non-hydrogen) atoms. The van der Waals surface area contributed by atoms with Gasteiger partial charge in [-0.25, -0.2) is 0 Å². The Kier molecular flexibility index (Phi) is 3.83. The zero-order valence-electron chi connectivity index (χ0n) is 14.6. The Labute approximate surface area is 139 Å². The smallest absolute Gasteiger partial charge is 0.115 e. The van der Waals surface area contributed by atoms with E-state index in [2.05, 4.69) is 58.0 Å². The molecule has 0 amide bonds. The van der Waals surface area contributed by atoms with Crippen molar-refractivity contribution < 1.29 is 5.11 Å². The fourth-order valence-corrected chi connectivity index (χ4v) is 3.49. The van der Waals surface area contributed by atoms with Crippen LogP contribution in [-0.2, 0) is 10.8 Å². The molecule has 0 atom stereocenters. The van der Waals surface area contributed by atoms with Gasteiger partial charge in [0.05, 0.1) is 0 Å². The molecule has 0 unspecified atom stereocenters. The minimum Gasteiger partial charge on any atom is -0.508 e. The van der Waals surface area contributed by atoms with Crippen molar-refractivity contribution in [2.45, 2.75) is 51.4 Å². The van der Waals surface area contributed by atoms with Crippen molar-refractivity contribution in [1.29, 1.82) is 0 Å². The molecule has 0 saturated heterocycles. The number of aromatic hydroxyl groups is 1. The average molecular weight is 306 g/mol. The Morgan fingerprint density at radius 2 is 1.26 bits per heavy atom. The van der Waals surface area contributed by atoms with Crippen LogP contribution < -0.4 is 0 Å². The van der Waals surface area contributed by atoms with Gasteiger partial charge in [0.25, 0.3) is 0 Å². The van der Waals surface area contributed by atoms with E-state index in [-0.39, 0.29) is 10.8 Å². The van der Waals surface area contributed by atoms with Gasteiger partial charge in [-0.1, -0.05) is 70.2 Å². The quantitative estimate of drug-likeness (QED) is 0.684. The summed E-state index contributed by atoms with van der Waals surface area (Å²) in [7, 11) is 0. The lowest BCUT2D eigenvalue weighted by Crippen LogP contribution is -2.33. The van der Waals surface area contributed by atoms with Crippen molar-refractivity contribution in [2.75, 3.05) is 0 Å². The zero-order valence-corrected chi connectivity index (χ0v) is 14.6. The topological polar surface area (TPSA) is 20.2 Å². The van der Waals surface area contributed by atoms with E-state index in [4.69, 9.17) is 0 Å². The van der Waals surface area contributed by atoms with Gasteiger partial charge in [-0.05, 0) is 58.1 Å². The van der Waals surface area contributed by atoms with Crippen molar-refractivity contribution in [3.8, 4) is 5.75 Å². The highest BCUT2D eigenvalue weighted by molar-refractivity contribution is 5.70. The van der Waals surface area contributed by atoms with Gasteiger partial charge in [0.2, 0.25) is 0 Å². The monoisotopic (exact) mass is 306 g/mol. The molecule has 3 rings (SSSR count). The Bertz CT molecular complexity index is 733. The van der Waals surface area contributed by atoms with E-state index in [0.717, 1.165) is 5.56 Å². The summed E-state index contributed by atoms with van der Waals surface area (Å²) in [4.78, 5) is 0. The van der Waals surface area contributed by atoms with Crippen LogP contribution in [-0.4, -0.2) is 5.11 Å². The standard InChI is InChI=1S/C22H26O/c1-21(2)13-14-22(3,4)20-15-17(9-12-19(20)21)6-5-16-7-10-18(23)11-8-16/h5-12,15,23H,13-14H2,1-4H3/b6-5+. The second-order valence-electron chi connectivity index (χ2n) is 8.00. The van der Waals surface area contributed by atoms with Crippen LogP contribution in [0, 0.1) is 0 Å². The molecule has 120 valence electrons. The van der Waals surface area contributed by atoms with E-state index in [1.807, 2.05) is 12.1 Å². The van der Waals surface area contributed by atoms with E-state index < -0.39 is 0 Å². The summed E-state index contributed by atoms with van der Waals surface area (Å²) in [5.74, 6) is 0.305. The maximum atomic E-state index is 9.36. The molecule has 0 radical (unpaired) electrons. The van der Waals surface area contributed by atoms with Gasteiger partial charge >= 0.3 is 0 Å². The van der Waals surface area contributed by atoms with E-state index >= 15 is 0 Å². The van der Waals surface area contributed by atoms with Crippen LogP contribution in [0.1, 0.15) is 62.8 Å². The van der Waals surface area contributed by atoms with E-state index in [9.17, 15) is 5.11 Å². The molecule has 2 aromatic rings. The van der Waals surface area contributed by atoms with Crippen molar-refractivity contribution in [3.63, 3.8) is 0 Å². The largest absolute Gasteiger partial charge is 0.508 e. The highest BCUT2D eigenvalue weighted by Gasteiger charge is 2.36. The number of rotatable bonds is 2. The molecule has 0 bridgehead atoms. The maximum Gasteiger partial charge on any atom is 0.115 e. The minimum atomic E-state index is 0.243. The van der Waals surface area contributed by atoms with Crippen LogP contribution in [0.4, 0.5) is 0 Å². The first-order chi connectivity index (χ1) is 10.8. The van der Waals surface area contributed by atoms with Crippen LogP contribution in [0.2, 0.25) is 0 Å². The molecule has 1 N–H and O–H groups in total. The number of hydrogen-bond donors (Lipinski definition) is 1. The van der Waals surface area contributed by atoms with E-state index in [1.54, 1.807) is 12.1 Å². The Balaban J connectivity index is 1.95. The second-order valence-corrected chi connectivity index (χ2v) is 8.00. The molecule has 0 aliphatic heterocycles. The maximum absolute atomic E-state index is 9.36. The lowest BCUT2D eigenvalue weighted by molar-refractivity contribution is 0.332. The molecule has 1 aliphatic carbocycles. The third-order valence-electron chi connectivity index (χ3n) is 5.24. The van der Waals surface area contributed by atoms with Crippen LogP contribution in [0.3, 0.4) is 0 Å². The van der Waals surface area contributed by atoms with Crippen LogP contribution in [0.5, 0.6) is 5.75 Å². The summed E-state index contributed by atoms with van der Waals surface area (Å²) < 4.78 is 0. The summed E-state index contributed by atoms with van der Waals surface area (Å²) in [6, 6.07) is 14.2. The fourth-order valence-electron chi connectivity index (χ4n) is 3.49. The molecule has 0 aromatic heterocycles. The van der Waals surface area contributed by atoms with Gasteiger partial charge in [0, 0.05) is 0 Å². The molecule has 0 spiro atoms. The van der Waals surface area contributed by atoms with Gasteiger partial charge < -0.3 is 5.11 Å². The summed E-state index contributed by atoms with van der Waals surface area (Å²) >= 11 is 0. The molecule has 1 nitrogen and oxygen atoms in total. The summed E-state index contributed by atoms with van der Waals surface area (Å²) in [5, 5.41) is 9.36. The Morgan fingerprint density at radius 1 is 0.739 bits per heavy atom. The molecular formula is C22H26O. The number of phenolic OH excluding ortho intramolecular Hbond substituents is 1. The minimum absolute atomic E-state index is 0.243. The molecule has 0 saturated carbocycles. The first kappa shape index (κ1) is 15.9. The van der Waals surface area contributed by atoms with Crippen molar-refractivity contribution in [2.24, 2.45) is 0 Å². The molecule has 0 fully saturated rings. The molecule has 2 aromatic carbocycles. The number of benzene rings is 2. The van der Waals surface area contributed by atoms with Gasteiger partial charge in [-0.15, -0.1) is 0 Å². The van der Waals surface area contributed by atoms with E-state index in [0.29, 0.717) is 5.75 Å². The summed E-state index contributed by atoms with van der Waals surface area (Å²) in [5.41, 5.74) is 5.83. The Morgan fingerprint density at radius 3 is 1.91 bits per heavy atom. The van der Waals surface area contributed by atoms with Gasteiger partial charge in [-0.2, -0.15) is 0 Å². The van der Waals surface area contributed by atoms with Gasteiger partial charge in [0.1, 0.15) is 5.75 Å². The third-order valence-corrected chi connectivity index (χ3v) is 5.24. The van der Waals surface area contributed by atoms with Crippen molar-refractivity contribution in [1.82, 2.24) is 0 Å². The average Bonchev–Trinajstić information content (AvgIpc) is 2.51.